The molecule has 22 heteroatoms. The van der Waals surface area contributed by atoms with Gasteiger partial charge in [0.25, 0.3) is 0 Å². The molecule has 0 bridgehead atoms. The third kappa shape index (κ3) is 39.3. The summed E-state index contributed by atoms with van der Waals surface area (Å²) in [6.45, 7) is 20.9. The van der Waals surface area contributed by atoms with Gasteiger partial charge >= 0.3 is 0 Å². The number of sulfonamides is 2. The molecule has 0 amide bonds. The molecular formula is C45H78N6O10S4Si2-2. The first kappa shape index (κ1) is 69.2. The predicted molar refractivity (Wildman–Crippen MR) is 286 cm³/mol. The topological polar surface area (TPSA) is 270 Å². The lowest BCUT2D eigenvalue weighted by Crippen LogP contribution is -2.38. The summed E-state index contributed by atoms with van der Waals surface area (Å²) in [5, 5.41) is 9.78. The molecule has 0 fully saturated rings. The molecule has 0 unspecified atom stereocenters. The molecule has 0 radical (unpaired) electrons. The number of allylic oxidation sites excluding steroid dienone is 2. The Kier molecular flexibility index (Phi) is 34.3. The number of nitrogen functional groups attached to an aromatic ring is 1. The Hall–Kier alpha value is -4.37. The van der Waals surface area contributed by atoms with Gasteiger partial charge in [-0.25, -0.2) is 43.9 Å². The van der Waals surface area contributed by atoms with E-state index in [4.69, 9.17) is 16.0 Å². The Morgan fingerprint density at radius 2 is 0.746 bits per heavy atom. The number of sulfone groups is 1. The highest BCUT2D eigenvalue weighted by Crippen LogP contribution is 2.16. The van der Waals surface area contributed by atoms with E-state index >= 15 is 0 Å². The number of hydrogen-bond donors (Lipinski definition) is 3. The Morgan fingerprint density at radius 1 is 0.522 bits per heavy atom. The van der Waals surface area contributed by atoms with E-state index in [1.807, 2.05) is 82.4 Å². The number of hydrogen-bond acceptors (Lipinski definition) is 14. The Morgan fingerprint density at radius 3 is 0.925 bits per heavy atom. The molecule has 0 saturated carbocycles. The Bertz CT molecular complexity index is 2320. The molecular weight excluding hydrogens is 969 g/mol. The van der Waals surface area contributed by atoms with Crippen molar-refractivity contribution in [1.29, 1.82) is 0 Å². The van der Waals surface area contributed by atoms with E-state index in [0.717, 1.165) is 24.2 Å². The first-order valence-electron chi connectivity index (χ1n) is 20.5. The van der Waals surface area contributed by atoms with Gasteiger partial charge in [-0.05, 0) is 97.8 Å². The van der Waals surface area contributed by atoms with Crippen LogP contribution in [0.2, 0.25) is 39.3 Å². The maximum Gasteiger partial charge on any atom is 0.238 e. The van der Waals surface area contributed by atoms with Gasteiger partial charge in [-0.2, -0.15) is 0 Å². The second-order valence-electron chi connectivity index (χ2n) is 16.5. The van der Waals surface area contributed by atoms with Gasteiger partial charge in [-0.15, -0.1) is 13.2 Å². The Labute approximate surface area is 406 Å². The zero-order chi connectivity index (χ0) is 53.6. The standard InChI is InChI=1S/C9H13NO2S.C8H12N2O2S.C8H11N.C6H8N2O2S.2C4H8.C3H10O3SSi.C3H9OSi/c1-10(2)8-4-6-9(7-5-8)13(3,11)12;1-10(2)7-3-5-8(6-4-7)13(9,11)12;1-9(2)8-6-4-3-5-7-8;7-5-1-3-6(4-2-5)11(8,9)10;2*1-3-4-2;1-8(2,3)7(4,5)6;1-5(2,3)4/h4-7H,1-3H3;3-6H,1-2H3,(H2,9,11,12);3-7H,1-2H3;1-4H,7H2,(H2,8,9,10);2*3H,1,4H2,2H3;1-3H3,(H,4,5,6);1-3H3/q;;;;;;;-1/p-1. The number of para-hydroxylation sites is 1. The fourth-order valence-corrected chi connectivity index (χ4v) is 4.97. The highest BCUT2D eigenvalue weighted by Gasteiger charge is 2.21. The molecule has 382 valence electrons. The molecule has 0 aromatic heterocycles. The van der Waals surface area contributed by atoms with Crippen LogP contribution < -0.4 is 35.5 Å². The van der Waals surface area contributed by atoms with E-state index in [9.17, 15) is 43.0 Å². The first-order chi connectivity index (χ1) is 30.2. The summed E-state index contributed by atoms with van der Waals surface area (Å²) in [6, 6.07) is 29.2. The summed E-state index contributed by atoms with van der Waals surface area (Å²) in [6.07, 6.45) is 7.12. The van der Waals surface area contributed by atoms with E-state index in [-0.39, 0.29) is 9.79 Å². The van der Waals surface area contributed by atoms with Crippen molar-refractivity contribution < 1.29 is 43.0 Å². The zero-order valence-electron chi connectivity index (χ0n) is 42.1. The summed E-state index contributed by atoms with van der Waals surface area (Å²) in [5.41, 5.74) is 9.02. The van der Waals surface area contributed by atoms with Gasteiger partial charge in [0.05, 0.1) is 24.3 Å². The lowest BCUT2D eigenvalue weighted by Gasteiger charge is -2.21. The van der Waals surface area contributed by atoms with E-state index in [0.29, 0.717) is 10.6 Å². The number of rotatable bonds is 9. The highest BCUT2D eigenvalue weighted by atomic mass is 32.4. The van der Waals surface area contributed by atoms with Crippen LogP contribution in [0.4, 0.5) is 22.7 Å². The third-order valence-corrected chi connectivity index (χ3v) is 16.3. The van der Waals surface area contributed by atoms with Crippen molar-refractivity contribution in [1.82, 2.24) is 0 Å². The Balaban J connectivity index is -0.000000350. The van der Waals surface area contributed by atoms with Crippen LogP contribution in [0.15, 0.2) is 143 Å². The molecule has 0 aliphatic carbocycles. The summed E-state index contributed by atoms with van der Waals surface area (Å²) in [4.78, 5) is 16.7. The first-order valence-corrected chi connectivity index (χ1v) is 34.5. The summed E-state index contributed by atoms with van der Waals surface area (Å²) < 4.78 is 95.8. The third-order valence-electron chi connectivity index (χ3n) is 7.27. The van der Waals surface area contributed by atoms with Crippen molar-refractivity contribution in [2.45, 2.75) is 80.7 Å². The quantitative estimate of drug-likeness (QED) is 0.0664. The minimum atomic E-state index is -3.95. The summed E-state index contributed by atoms with van der Waals surface area (Å²) in [7, 11) is -6.80. The lowest BCUT2D eigenvalue weighted by atomic mass is 10.3. The van der Waals surface area contributed by atoms with Crippen LogP contribution in [0.25, 0.3) is 0 Å². The maximum absolute atomic E-state index is 11.1. The van der Waals surface area contributed by atoms with E-state index < -0.39 is 55.0 Å². The number of nitrogens with two attached hydrogens (primary N) is 3. The van der Waals surface area contributed by atoms with Crippen LogP contribution in [-0.2, 0) is 39.5 Å². The maximum atomic E-state index is 11.1. The monoisotopic (exact) mass is 1050 g/mol. The minimum absolute atomic E-state index is 0.0756. The van der Waals surface area contributed by atoms with Crippen LogP contribution in [0, 0.1) is 0 Å². The molecule has 0 aliphatic rings. The van der Waals surface area contributed by atoms with Crippen molar-refractivity contribution >= 4 is 77.7 Å². The minimum Gasteiger partial charge on any atom is -0.859 e. The van der Waals surface area contributed by atoms with Gasteiger partial charge in [-0.1, -0.05) is 91.8 Å². The van der Waals surface area contributed by atoms with E-state index in [1.54, 1.807) is 56.0 Å². The average molecular weight is 1050 g/mol. The number of benzene rings is 4. The van der Waals surface area contributed by atoms with Gasteiger partial charge in [0, 0.05) is 71.3 Å². The molecule has 4 rings (SSSR count). The largest absolute Gasteiger partial charge is 0.859 e. The van der Waals surface area contributed by atoms with Crippen LogP contribution in [0.5, 0.6) is 0 Å². The van der Waals surface area contributed by atoms with Gasteiger partial charge < -0.3 is 29.8 Å². The summed E-state index contributed by atoms with van der Waals surface area (Å²) in [5.74, 6) is 0. The van der Waals surface area contributed by atoms with Gasteiger partial charge in [0.1, 0.15) is 0 Å². The van der Waals surface area contributed by atoms with Crippen molar-refractivity contribution in [3.8, 4) is 0 Å². The molecule has 0 heterocycles. The second kappa shape index (κ2) is 33.2. The predicted octanol–water partition coefficient (Wildman–Crippen LogP) is 6.94. The lowest BCUT2D eigenvalue weighted by molar-refractivity contribution is -0.203. The van der Waals surface area contributed by atoms with Crippen molar-refractivity contribution in [2.75, 3.05) is 69.0 Å². The molecule has 0 spiro atoms. The van der Waals surface area contributed by atoms with Crippen molar-refractivity contribution in [2.24, 2.45) is 10.3 Å². The number of anilines is 4. The zero-order valence-corrected chi connectivity index (χ0v) is 47.4. The molecule has 67 heavy (non-hydrogen) atoms. The fourth-order valence-electron chi connectivity index (χ4n) is 3.31. The number of nitrogens with zero attached hydrogens (tertiary/aromatic N) is 3. The molecule has 4 aromatic carbocycles. The van der Waals surface area contributed by atoms with Gasteiger partial charge in [0.15, 0.2) is 17.1 Å². The van der Waals surface area contributed by atoms with E-state index in [1.165, 1.54) is 68.0 Å². The van der Waals surface area contributed by atoms with Crippen molar-refractivity contribution in [3.05, 3.63) is 128 Å². The highest BCUT2D eigenvalue weighted by molar-refractivity contribution is 8.17. The molecule has 16 nitrogen and oxygen atoms in total. The van der Waals surface area contributed by atoms with E-state index in [2.05, 4.69) is 44.0 Å². The molecule has 6 N–H and O–H groups in total. The smallest absolute Gasteiger partial charge is 0.238 e. The number of primary sulfonamides is 2. The molecule has 4 aromatic rings. The normalized spacial score (nSPS) is 10.8. The second-order valence-corrected chi connectivity index (χ2v) is 36.2. The SMILES string of the molecule is C=CCC.C=CCC.CN(C)c1ccc(S(C)(=O)=O)cc1.CN(C)c1ccc(S(N)(=O)=O)cc1.CN(C)c1ccccc1.C[Si](C)(C)S(=O)(=O)[O-].C[Si](C)(C)[O-].Nc1ccc(S(N)(=O)=O)cc1. The molecule has 0 aliphatic heterocycles. The molecule has 0 atom stereocenters. The van der Waals surface area contributed by atoms with Crippen LogP contribution in [0.1, 0.15) is 26.7 Å². The average Bonchev–Trinajstić information content (AvgIpc) is 3.20. The van der Waals surface area contributed by atoms with Crippen molar-refractivity contribution in [3.63, 3.8) is 0 Å². The summed E-state index contributed by atoms with van der Waals surface area (Å²) >= 11 is 0. The van der Waals surface area contributed by atoms with Crippen LogP contribution in [-0.4, -0.2) is 102 Å². The van der Waals surface area contributed by atoms with Gasteiger partial charge in [0.2, 0.25) is 20.0 Å². The fraction of sp³-hybridized carbons (Fsp3) is 0.378. The van der Waals surface area contributed by atoms with Crippen LogP contribution in [0.3, 0.4) is 0 Å². The van der Waals surface area contributed by atoms with Gasteiger partial charge in [-0.3, -0.25) is 0 Å². The van der Waals surface area contributed by atoms with Crippen LogP contribution >= 0.6 is 0 Å². The molecule has 0 saturated heterocycles.